The molecule has 4 N–H and O–H groups in total. The second-order valence-corrected chi connectivity index (χ2v) is 3.92. The number of ether oxygens (including phenoxy) is 2. The molecule has 1 saturated heterocycles. The van der Waals surface area contributed by atoms with Crippen LogP contribution in [-0.2, 0) is 14.3 Å². The van der Waals surface area contributed by atoms with E-state index in [9.17, 15) is 20.1 Å². The largest absolute Gasteiger partial charge is 0.479 e. The van der Waals surface area contributed by atoms with E-state index in [2.05, 4.69) is 0 Å². The van der Waals surface area contributed by atoms with Crippen LogP contribution in [-0.4, -0.2) is 63.2 Å². The van der Waals surface area contributed by atoms with Crippen LogP contribution in [0.4, 0.5) is 0 Å². The molecule has 1 rings (SSSR count). The molecule has 0 saturated carbocycles. The maximum atomic E-state index is 10.7. The lowest BCUT2D eigenvalue weighted by Gasteiger charge is -2.39. The van der Waals surface area contributed by atoms with Crippen molar-refractivity contribution in [3.63, 3.8) is 0 Å². The first-order valence-corrected chi connectivity index (χ1v) is 4.92. The fourth-order valence-corrected chi connectivity index (χ4v) is 1.43. The highest BCUT2D eigenvalue weighted by atomic mass is 16.7. The van der Waals surface area contributed by atoms with Crippen LogP contribution in [0.15, 0.2) is 0 Å². The number of carbonyl (C=O) groups is 1. The van der Waals surface area contributed by atoms with Gasteiger partial charge in [-0.15, -0.1) is 0 Å². The molecule has 5 atom stereocenters. The third-order valence-corrected chi connectivity index (χ3v) is 2.22. The zero-order chi connectivity index (χ0) is 12.5. The fourth-order valence-electron chi connectivity index (χ4n) is 1.43. The van der Waals surface area contributed by atoms with Crippen LogP contribution in [0.5, 0.6) is 0 Å². The van der Waals surface area contributed by atoms with Crippen molar-refractivity contribution in [3.8, 4) is 0 Å². The lowest BCUT2D eigenvalue weighted by atomic mass is 9.99. The minimum Gasteiger partial charge on any atom is -0.479 e. The molecule has 0 aromatic carbocycles. The summed E-state index contributed by atoms with van der Waals surface area (Å²) in [6.45, 7) is 3.34. The normalized spacial score (nSPS) is 40.0. The molecule has 0 aromatic heterocycles. The second kappa shape index (κ2) is 5.07. The fraction of sp³-hybridized carbons (Fsp3) is 0.889. The Morgan fingerprint density at radius 2 is 1.75 bits per heavy atom. The first-order chi connectivity index (χ1) is 7.34. The van der Waals surface area contributed by atoms with Gasteiger partial charge in [0.05, 0.1) is 6.10 Å². The number of hydrogen-bond donors (Lipinski definition) is 4. The van der Waals surface area contributed by atoms with Crippen LogP contribution >= 0.6 is 0 Å². The average Bonchev–Trinajstić information content (AvgIpc) is 2.18. The lowest BCUT2D eigenvalue weighted by molar-refractivity contribution is -0.301. The molecule has 0 aliphatic carbocycles. The van der Waals surface area contributed by atoms with Crippen LogP contribution in [0.3, 0.4) is 0 Å². The Labute approximate surface area is 92.2 Å². The first kappa shape index (κ1) is 13.3. The van der Waals surface area contributed by atoms with Gasteiger partial charge in [-0.3, -0.25) is 0 Å². The van der Waals surface area contributed by atoms with E-state index in [1.165, 1.54) is 0 Å². The Morgan fingerprint density at radius 3 is 2.19 bits per heavy atom. The monoisotopic (exact) mass is 236 g/mol. The smallest absolute Gasteiger partial charge is 0.335 e. The third-order valence-electron chi connectivity index (χ3n) is 2.22. The van der Waals surface area contributed by atoms with Crippen molar-refractivity contribution in [3.05, 3.63) is 0 Å². The standard InChI is InChI=1S/C9H16O7/c1-3(2)15-9-6(12)4(10)5(11)7(16-9)8(13)14/h3-7,9-12H,1-2H3,(H,13,14). The zero-order valence-electron chi connectivity index (χ0n) is 8.98. The third kappa shape index (κ3) is 2.69. The number of carboxylic acid groups (broad SMARTS) is 1. The van der Waals surface area contributed by atoms with Gasteiger partial charge in [0, 0.05) is 0 Å². The van der Waals surface area contributed by atoms with E-state index < -0.39 is 36.7 Å². The molecular weight excluding hydrogens is 220 g/mol. The summed E-state index contributed by atoms with van der Waals surface area (Å²) >= 11 is 0. The summed E-state index contributed by atoms with van der Waals surface area (Å²) in [7, 11) is 0. The van der Waals surface area contributed by atoms with Gasteiger partial charge in [-0.25, -0.2) is 4.79 Å². The molecule has 0 aromatic rings. The van der Waals surface area contributed by atoms with Gasteiger partial charge in [-0.05, 0) is 13.8 Å². The van der Waals surface area contributed by atoms with Gasteiger partial charge in [-0.1, -0.05) is 0 Å². The highest BCUT2D eigenvalue weighted by Crippen LogP contribution is 2.23. The van der Waals surface area contributed by atoms with Crippen LogP contribution < -0.4 is 0 Å². The van der Waals surface area contributed by atoms with Gasteiger partial charge in [0.2, 0.25) is 0 Å². The maximum absolute atomic E-state index is 10.7. The Bertz CT molecular complexity index is 254. The van der Waals surface area contributed by atoms with Gasteiger partial charge in [0.1, 0.15) is 18.3 Å². The molecule has 1 fully saturated rings. The average molecular weight is 236 g/mol. The number of aliphatic hydroxyl groups is 3. The SMILES string of the molecule is CC(C)OC1OC(C(=O)O)C(O)C(O)C1O. The molecule has 0 spiro atoms. The highest BCUT2D eigenvalue weighted by Gasteiger charge is 2.47. The summed E-state index contributed by atoms with van der Waals surface area (Å²) in [6.07, 6.45) is -7.95. The number of hydrogen-bond acceptors (Lipinski definition) is 6. The molecular formula is C9H16O7. The Balaban J connectivity index is 2.77. The first-order valence-electron chi connectivity index (χ1n) is 4.92. The zero-order valence-corrected chi connectivity index (χ0v) is 8.98. The van der Waals surface area contributed by atoms with Crippen molar-refractivity contribution in [2.75, 3.05) is 0 Å². The number of aliphatic carboxylic acids is 1. The summed E-state index contributed by atoms with van der Waals surface area (Å²) < 4.78 is 9.97. The van der Waals surface area contributed by atoms with E-state index in [0.717, 1.165) is 0 Å². The molecule has 7 heteroatoms. The number of carboxylic acids is 1. The van der Waals surface area contributed by atoms with E-state index in [4.69, 9.17) is 14.6 Å². The van der Waals surface area contributed by atoms with Gasteiger partial charge >= 0.3 is 5.97 Å². The van der Waals surface area contributed by atoms with Crippen LogP contribution in [0.2, 0.25) is 0 Å². The van der Waals surface area contributed by atoms with Crippen molar-refractivity contribution in [2.24, 2.45) is 0 Å². The van der Waals surface area contributed by atoms with Crippen molar-refractivity contribution in [2.45, 2.75) is 50.7 Å². The van der Waals surface area contributed by atoms with E-state index in [-0.39, 0.29) is 6.10 Å². The van der Waals surface area contributed by atoms with Gasteiger partial charge in [-0.2, -0.15) is 0 Å². The number of rotatable bonds is 3. The summed E-state index contributed by atoms with van der Waals surface area (Å²) in [5.74, 6) is -1.42. The minimum absolute atomic E-state index is 0.309. The maximum Gasteiger partial charge on any atom is 0.335 e. The molecule has 7 nitrogen and oxygen atoms in total. The summed E-state index contributed by atoms with van der Waals surface area (Å²) in [5, 5.41) is 37.0. The van der Waals surface area contributed by atoms with Crippen LogP contribution in [0.1, 0.15) is 13.8 Å². The molecule has 0 amide bonds. The summed E-state index contributed by atoms with van der Waals surface area (Å²) in [5.41, 5.74) is 0. The quantitative estimate of drug-likeness (QED) is 0.461. The molecule has 0 radical (unpaired) electrons. The predicted molar refractivity (Wildman–Crippen MR) is 50.5 cm³/mol. The number of aliphatic hydroxyl groups excluding tert-OH is 3. The second-order valence-electron chi connectivity index (χ2n) is 3.92. The predicted octanol–water partition coefficient (Wildman–Crippen LogP) is -1.70. The van der Waals surface area contributed by atoms with E-state index in [1.807, 2.05) is 0 Å². The van der Waals surface area contributed by atoms with Crippen molar-refractivity contribution in [1.29, 1.82) is 0 Å². The Morgan fingerprint density at radius 1 is 1.19 bits per heavy atom. The Kier molecular flexibility index (Phi) is 4.22. The van der Waals surface area contributed by atoms with E-state index >= 15 is 0 Å². The minimum atomic E-state index is -1.68. The van der Waals surface area contributed by atoms with Crippen molar-refractivity contribution in [1.82, 2.24) is 0 Å². The lowest BCUT2D eigenvalue weighted by Crippen LogP contribution is -2.60. The molecule has 16 heavy (non-hydrogen) atoms. The van der Waals surface area contributed by atoms with Crippen LogP contribution in [0, 0.1) is 0 Å². The Hall–Kier alpha value is -0.730. The van der Waals surface area contributed by atoms with Crippen molar-refractivity contribution >= 4 is 5.97 Å². The van der Waals surface area contributed by atoms with E-state index in [1.54, 1.807) is 13.8 Å². The van der Waals surface area contributed by atoms with Crippen LogP contribution in [0.25, 0.3) is 0 Å². The molecule has 0 bridgehead atoms. The van der Waals surface area contributed by atoms with Crippen molar-refractivity contribution < 1.29 is 34.7 Å². The van der Waals surface area contributed by atoms with Gasteiger partial charge in [0.25, 0.3) is 0 Å². The molecule has 1 aliphatic heterocycles. The van der Waals surface area contributed by atoms with Gasteiger partial charge < -0.3 is 29.9 Å². The molecule has 1 heterocycles. The highest BCUT2D eigenvalue weighted by molar-refractivity contribution is 5.73. The van der Waals surface area contributed by atoms with E-state index in [0.29, 0.717) is 0 Å². The topological polar surface area (TPSA) is 116 Å². The molecule has 1 aliphatic rings. The summed E-state index contributed by atoms with van der Waals surface area (Å²) in [4.78, 5) is 10.7. The molecule has 94 valence electrons. The van der Waals surface area contributed by atoms with Gasteiger partial charge in [0.15, 0.2) is 12.4 Å². The molecule has 5 unspecified atom stereocenters. The summed E-state index contributed by atoms with van der Waals surface area (Å²) in [6, 6.07) is 0.